The molecule has 2 heterocycles. The molecule has 0 unspecified atom stereocenters. The number of fused-ring (bicyclic) bond motifs is 1. The van der Waals surface area contributed by atoms with Gasteiger partial charge < -0.3 is 4.90 Å². The Balaban J connectivity index is 1.87. The first-order valence-electron chi connectivity index (χ1n) is 7.49. The fourth-order valence-corrected chi connectivity index (χ4v) is 4.48. The molecule has 23 heavy (non-hydrogen) atoms. The highest BCUT2D eigenvalue weighted by Gasteiger charge is 2.26. The highest BCUT2D eigenvalue weighted by atomic mass is 32.2. The Hall–Kier alpha value is -1.86. The van der Waals surface area contributed by atoms with Gasteiger partial charge in [0.1, 0.15) is 0 Å². The number of carbonyl (C=O) groups excluding carboxylic acids is 1. The van der Waals surface area contributed by atoms with Crippen LogP contribution in [-0.4, -0.2) is 26.6 Å². The minimum atomic E-state index is -3.33. The number of rotatable bonds is 5. The molecule has 1 amide bonds. The Labute approximate surface area is 140 Å². The molecule has 7 heteroatoms. The van der Waals surface area contributed by atoms with E-state index < -0.39 is 10.0 Å². The standard InChI is InChI=1S/C16H18N2O3S2/c1-2-10-23(20,21)17-13-6-5-12-7-8-18(14(12)11-13)16(19)15-4-3-9-22-15/h3-6,9,11,17H,2,7-8,10H2,1H3. The first-order chi connectivity index (χ1) is 11.0. The maximum atomic E-state index is 12.6. The zero-order valence-electron chi connectivity index (χ0n) is 12.8. The van der Waals surface area contributed by atoms with Crippen LogP contribution in [0.15, 0.2) is 35.7 Å². The molecule has 0 saturated heterocycles. The van der Waals surface area contributed by atoms with Crippen molar-refractivity contribution in [1.82, 2.24) is 0 Å². The molecular weight excluding hydrogens is 332 g/mol. The fourth-order valence-electron chi connectivity index (χ4n) is 2.69. The van der Waals surface area contributed by atoms with Crippen molar-refractivity contribution in [2.45, 2.75) is 19.8 Å². The van der Waals surface area contributed by atoms with E-state index in [1.165, 1.54) is 11.3 Å². The van der Waals surface area contributed by atoms with Crippen molar-refractivity contribution in [2.24, 2.45) is 0 Å². The summed E-state index contributed by atoms with van der Waals surface area (Å²) in [5.41, 5.74) is 2.36. The van der Waals surface area contributed by atoms with Crippen LogP contribution in [-0.2, 0) is 16.4 Å². The monoisotopic (exact) mass is 350 g/mol. The molecule has 1 N–H and O–H groups in total. The molecule has 1 aliphatic rings. The van der Waals surface area contributed by atoms with E-state index in [1.54, 1.807) is 23.1 Å². The van der Waals surface area contributed by atoms with Crippen molar-refractivity contribution in [2.75, 3.05) is 21.9 Å². The van der Waals surface area contributed by atoms with Gasteiger partial charge in [-0.25, -0.2) is 8.42 Å². The van der Waals surface area contributed by atoms with Gasteiger partial charge in [0.15, 0.2) is 0 Å². The largest absolute Gasteiger partial charge is 0.307 e. The molecule has 1 aromatic heterocycles. The lowest BCUT2D eigenvalue weighted by molar-refractivity contribution is 0.0993. The summed E-state index contributed by atoms with van der Waals surface area (Å²) in [5, 5.41) is 1.87. The number of nitrogens with zero attached hydrogens (tertiary/aromatic N) is 1. The van der Waals surface area contributed by atoms with Crippen LogP contribution in [0.3, 0.4) is 0 Å². The van der Waals surface area contributed by atoms with Crippen molar-refractivity contribution in [3.05, 3.63) is 46.2 Å². The lowest BCUT2D eigenvalue weighted by Crippen LogP contribution is -2.28. The molecule has 3 rings (SSSR count). The molecule has 5 nitrogen and oxygen atoms in total. The van der Waals surface area contributed by atoms with Crippen LogP contribution in [0.2, 0.25) is 0 Å². The summed E-state index contributed by atoms with van der Waals surface area (Å²) in [6.07, 6.45) is 1.34. The number of hydrogen-bond acceptors (Lipinski definition) is 4. The van der Waals surface area contributed by atoms with Crippen LogP contribution >= 0.6 is 11.3 Å². The number of benzene rings is 1. The van der Waals surface area contributed by atoms with Crippen LogP contribution in [0.1, 0.15) is 28.6 Å². The third-order valence-corrected chi connectivity index (χ3v) is 6.05. The van der Waals surface area contributed by atoms with Gasteiger partial charge in [0.05, 0.1) is 16.3 Å². The lowest BCUT2D eigenvalue weighted by atomic mass is 10.1. The molecule has 0 aliphatic carbocycles. The maximum absolute atomic E-state index is 12.6. The second-order valence-corrected chi connectivity index (χ2v) is 8.24. The zero-order valence-corrected chi connectivity index (χ0v) is 14.4. The van der Waals surface area contributed by atoms with Gasteiger partial charge >= 0.3 is 0 Å². The Morgan fingerprint density at radius 2 is 2.17 bits per heavy atom. The average Bonchev–Trinajstić information content (AvgIpc) is 3.15. The molecule has 0 bridgehead atoms. The van der Waals surface area contributed by atoms with Gasteiger partial charge in [-0.3, -0.25) is 9.52 Å². The van der Waals surface area contributed by atoms with Crippen LogP contribution in [0.4, 0.5) is 11.4 Å². The molecule has 2 aromatic rings. The van der Waals surface area contributed by atoms with Gasteiger partial charge in [-0.2, -0.15) is 0 Å². The molecule has 0 saturated carbocycles. The number of sulfonamides is 1. The zero-order chi connectivity index (χ0) is 16.4. The summed E-state index contributed by atoms with van der Waals surface area (Å²) in [6, 6.07) is 9.05. The van der Waals surface area contributed by atoms with Crippen LogP contribution < -0.4 is 9.62 Å². The SMILES string of the molecule is CCCS(=O)(=O)Nc1ccc2c(c1)N(C(=O)c1cccs1)CC2. The van der Waals surface area contributed by atoms with Crippen LogP contribution in [0.25, 0.3) is 0 Å². The second kappa shape index (κ2) is 6.33. The summed E-state index contributed by atoms with van der Waals surface area (Å²) < 4.78 is 26.4. The molecule has 1 aromatic carbocycles. The van der Waals surface area contributed by atoms with Gasteiger partial charge in [0, 0.05) is 12.2 Å². The van der Waals surface area contributed by atoms with Crippen LogP contribution in [0, 0.1) is 0 Å². The Morgan fingerprint density at radius 1 is 1.35 bits per heavy atom. The number of hydrogen-bond donors (Lipinski definition) is 1. The average molecular weight is 350 g/mol. The predicted molar refractivity (Wildman–Crippen MR) is 93.8 cm³/mol. The number of amides is 1. The maximum Gasteiger partial charge on any atom is 0.268 e. The van der Waals surface area contributed by atoms with Gasteiger partial charge in [0.25, 0.3) is 5.91 Å². The van der Waals surface area contributed by atoms with Crippen molar-refractivity contribution >= 4 is 38.6 Å². The molecule has 0 fully saturated rings. The number of nitrogens with one attached hydrogen (secondary N) is 1. The smallest absolute Gasteiger partial charge is 0.268 e. The van der Waals surface area contributed by atoms with E-state index in [1.807, 2.05) is 24.4 Å². The number of thiophene rings is 1. The fraction of sp³-hybridized carbons (Fsp3) is 0.312. The molecular formula is C16H18N2O3S2. The highest BCUT2D eigenvalue weighted by Crippen LogP contribution is 2.32. The minimum absolute atomic E-state index is 0.0349. The van der Waals surface area contributed by atoms with E-state index in [4.69, 9.17) is 0 Å². The third-order valence-electron chi connectivity index (χ3n) is 3.70. The van der Waals surface area contributed by atoms with Crippen molar-refractivity contribution < 1.29 is 13.2 Å². The van der Waals surface area contributed by atoms with E-state index in [0.717, 1.165) is 17.7 Å². The van der Waals surface area contributed by atoms with E-state index in [0.29, 0.717) is 23.5 Å². The van der Waals surface area contributed by atoms with Gasteiger partial charge in [-0.15, -0.1) is 11.3 Å². The molecule has 0 atom stereocenters. The first-order valence-corrected chi connectivity index (χ1v) is 10.0. The summed E-state index contributed by atoms with van der Waals surface area (Å²) in [4.78, 5) is 15.0. The lowest BCUT2D eigenvalue weighted by Gasteiger charge is -2.17. The molecule has 1 aliphatic heterocycles. The van der Waals surface area contributed by atoms with E-state index in [-0.39, 0.29) is 11.7 Å². The highest BCUT2D eigenvalue weighted by molar-refractivity contribution is 7.92. The first kappa shape index (κ1) is 16.0. The molecule has 122 valence electrons. The number of carbonyl (C=O) groups is 1. The van der Waals surface area contributed by atoms with E-state index in [2.05, 4.69) is 4.72 Å². The number of anilines is 2. The summed E-state index contributed by atoms with van der Waals surface area (Å²) >= 11 is 1.41. The van der Waals surface area contributed by atoms with Gasteiger partial charge in [0.2, 0.25) is 10.0 Å². The third kappa shape index (κ3) is 3.40. The Bertz CT molecular complexity index is 814. The molecule has 0 radical (unpaired) electrons. The van der Waals surface area contributed by atoms with E-state index >= 15 is 0 Å². The van der Waals surface area contributed by atoms with Crippen LogP contribution in [0.5, 0.6) is 0 Å². The molecule has 0 spiro atoms. The predicted octanol–water partition coefficient (Wildman–Crippen LogP) is 3.10. The van der Waals surface area contributed by atoms with E-state index in [9.17, 15) is 13.2 Å². The van der Waals surface area contributed by atoms with Gasteiger partial charge in [-0.1, -0.05) is 19.1 Å². The topological polar surface area (TPSA) is 66.5 Å². The summed E-state index contributed by atoms with van der Waals surface area (Å²) in [5.74, 6) is 0.0503. The van der Waals surface area contributed by atoms with Crippen molar-refractivity contribution in [3.63, 3.8) is 0 Å². The Kier molecular flexibility index (Phi) is 4.41. The van der Waals surface area contributed by atoms with Gasteiger partial charge in [-0.05, 0) is 42.0 Å². The minimum Gasteiger partial charge on any atom is -0.307 e. The van der Waals surface area contributed by atoms with Crippen molar-refractivity contribution in [1.29, 1.82) is 0 Å². The van der Waals surface area contributed by atoms with Crippen molar-refractivity contribution in [3.8, 4) is 0 Å². The Morgan fingerprint density at radius 3 is 2.87 bits per heavy atom. The second-order valence-electron chi connectivity index (χ2n) is 5.45. The summed E-state index contributed by atoms with van der Waals surface area (Å²) in [6.45, 7) is 2.45. The summed E-state index contributed by atoms with van der Waals surface area (Å²) in [7, 11) is -3.33. The quantitative estimate of drug-likeness (QED) is 0.901. The normalized spacial score (nSPS) is 13.9.